The molecule has 0 heterocycles. The van der Waals surface area contributed by atoms with E-state index in [-0.39, 0.29) is 73.0 Å². The van der Waals surface area contributed by atoms with Crippen LogP contribution >= 0.6 is 0 Å². The van der Waals surface area contributed by atoms with E-state index in [4.69, 9.17) is 28.4 Å². The molecule has 12 heteroatoms. The Morgan fingerprint density at radius 3 is 0.352 bits per heavy atom. The average Bonchev–Trinajstić information content (AvgIpc) is 0.725. The monoisotopic (exact) mass is 1500 g/mol. The molecule has 0 unspecified atom stereocenters. The van der Waals surface area contributed by atoms with Crippen molar-refractivity contribution in [2.75, 3.05) is 0 Å². The van der Waals surface area contributed by atoms with Crippen LogP contribution in [-0.4, -0.2) is 35.8 Å². The number of rotatable bonds is 72. The van der Waals surface area contributed by atoms with Gasteiger partial charge in [0.2, 0.25) is 0 Å². The normalized spacial score (nSPS) is 11.5. The van der Waals surface area contributed by atoms with Crippen LogP contribution in [0.25, 0.3) is 32.3 Å². The molecule has 612 valence electrons. The molecule has 108 heavy (non-hydrogen) atoms. The Labute approximate surface area is 658 Å². The molecule has 0 radical (unpaired) electrons. The summed E-state index contributed by atoms with van der Waals surface area (Å²) in [7, 11) is 0. The predicted molar refractivity (Wildman–Crippen MR) is 452 cm³/mol. The molecule has 4 aromatic rings. The Bertz CT molecular complexity index is 2490. The molecule has 0 saturated carbocycles. The lowest BCUT2D eigenvalue weighted by molar-refractivity contribution is -0.137. The highest BCUT2D eigenvalue weighted by molar-refractivity contribution is 6.27. The highest BCUT2D eigenvalue weighted by Crippen LogP contribution is 2.48. The Balaban J connectivity index is 1.91. The van der Waals surface area contributed by atoms with Gasteiger partial charge in [0.15, 0.2) is 34.5 Å². The third kappa shape index (κ3) is 43.9. The number of carbonyl (C=O) groups is 6. The number of hydrogen-bond acceptors (Lipinski definition) is 12. The lowest BCUT2D eigenvalue weighted by atomic mass is 9.93. The van der Waals surface area contributed by atoms with E-state index in [9.17, 15) is 28.8 Å². The van der Waals surface area contributed by atoms with E-state index in [0.717, 1.165) is 116 Å². The van der Waals surface area contributed by atoms with E-state index in [1.165, 1.54) is 231 Å². The second kappa shape index (κ2) is 64.0. The van der Waals surface area contributed by atoms with Crippen molar-refractivity contribution in [2.24, 2.45) is 0 Å². The van der Waals surface area contributed by atoms with Crippen LogP contribution in [0.15, 0.2) is 36.4 Å². The first-order valence-electron chi connectivity index (χ1n) is 45.8. The maximum absolute atomic E-state index is 14.2. The van der Waals surface area contributed by atoms with Crippen molar-refractivity contribution in [1.29, 1.82) is 0 Å². The molecule has 0 spiro atoms. The summed E-state index contributed by atoms with van der Waals surface area (Å²) in [6, 6.07) is 10.3. The van der Waals surface area contributed by atoms with Gasteiger partial charge < -0.3 is 28.4 Å². The quantitative estimate of drug-likeness (QED) is 0.0179. The van der Waals surface area contributed by atoms with Crippen molar-refractivity contribution in [3.05, 3.63) is 36.4 Å². The lowest BCUT2D eigenvalue weighted by Gasteiger charge is -2.19. The summed E-state index contributed by atoms with van der Waals surface area (Å²) in [6.07, 6.45) is 67.7. The molecule has 0 aliphatic rings. The molecule has 4 aromatic carbocycles. The zero-order chi connectivity index (χ0) is 77.5. The molecule has 0 amide bonds. The minimum Gasteiger partial charge on any atom is -0.422 e. The standard InChI is InChI=1S/C96H156O12/c1-7-13-19-25-31-37-43-49-55-61-67-91(97)103-85-73-79-80(74-86(85)104-92(98)68-62-56-50-44-38-32-26-20-14-8-2)82-76-88(106-94(100)70-64-58-52-46-40-34-28-22-16-10-4)90(108-96(102)72-66-60-54-48-42-36-30-24-18-12-6)78-84(82)83-77-89(107-95(101)71-65-59-53-47-41-35-29-23-17-11-5)87(75-81(79)83)105-93(99)69-63-57-51-45-39-33-27-21-15-9-3/h73-78H,7-72H2,1-6H3. The maximum Gasteiger partial charge on any atom is 0.311 e. The van der Waals surface area contributed by atoms with Gasteiger partial charge in [0.05, 0.1) is 0 Å². The third-order valence-electron chi connectivity index (χ3n) is 21.9. The van der Waals surface area contributed by atoms with Gasteiger partial charge in [-0.2, -0.15) is 0 Å². The molecule has 0 saturated heterocycles. The largest absolute Gasteiger partial charge is 0.422 e. The zero-order valence-electron chi connectivity index (χ0n) is 70.0. The van der Waals surface area contributed by atoms with Crippen LogP contribution in [0.4, 0.5) is 0 Å². The van der Waals surface area contributed by atoms with E-state index < -0.39 is 35.8 Å². The fourth-order valence-corrected chi connectivity index (χ4v) is 15.1. The molecular formula is C96H156O12. The van der Waals surface area contributed by atoms with Gasteiger partial charge in [-0.1, -0.05) is 388 Å². The van der Waals surface area contributed by atoms with Crippen LogP contribution in [0.2, 0.25) is 0 Å². The predicted octanol–water partition coefficient (Wildman–Crippen LogP) is 30.4. The van der Waals surface area contributed by atoms with Crippen LogP contribution in [0.5, 0.6) is 34.5 Å². The van der Waals surface area contributed by atoms with Gasteiger partial charge in [-0.05, 0) is 107 Å². The fraction of sp³-hybridized carbons (Fsp3) is 0.750. The molecule has 0 aliphatic carbocycles. The molecule has 4 rings (SSSR count). The Kier molecular flexibility index (Phi) is 56.3. The van der Waals surface area contributed by atoms with Crippen molar-refractivity contribution >= 4 is 68.1 Å². The van der Waals surface area contributed by atoms with E-state index in [2.05, 4.69) is 41.5 Å². The Morgan fingerprint density at radius 1 is 0.157 bits per heavy atom. The number of benzene rings is 4. The van der Waals surface area contributed by atoms with Crippen LogP contribution in [-0.2, 0) is 28.8 Å². The molecule has 0 fully saturated rings. The fourth-order valence-electron chi connectivity index (χ4n) is 15.1. The van der Waals surface area contributed by atoms with Gasteiger partial charge in [-0.15, -0.1) is 0 Å². The summed E-state index contributed by atoms with van der Waals surface area (Å²) in [5, 5.41) is 3.24. The first-order chi connectivity index (χ1) is 53.0. The molecular weight excluding hydrogens is 1350 g/mol. The lowest BCUT2D eigenvalue weighted by Crippen LogP contribution is -2.13. The minimum absolute atomic E-state index is 0.0591. The first kappa shape index (κ1) is 94.9. The molecule has 12 nitrogen and oxygen atoms in total. The van der Waals surface area contributed by atoms with Gasteiger partial charge in [0, 0.05) is 38.5 Å². The van der Waals surface area contributed by atoms with Crippen molar-refractivity contribution in [3.63, 3.8) is 0 Å². The van der Waals surface area contributed by atoms with Crippen LogP contribution in [0, 0.1) is 0 Å². The molecule has 0 bridgehead atoms. The molecule has 0 aromatic heterocycles. The van der Waals surface area contributed by atoms with E-state index in [1.54, 1.807) is 36.4 Å². The zero-order valence-corrected chi connectivity index (χ0v) is 70.0. The summed E-state index contributed by atoms with van der Waals surface area (Å²) in [6.45, 7) is 13.4. The number of unbranched alkanes of at least 4 members (excludes halogenated alkanes) is 54. The molecule has 0 N–H and O–H groups in total. The molecule has 0 aliphatic heterocycles. The highest BCUT2D eigenvalue weighted by atomic mass is 16.6. The Morgan fingerprint density at radius 2 is 0.250 bits per heavy atom. The van der Waals surface area contributed by atoms with E-state index >= 15 is 0 Å². The number of ether oxygens (including phenoxy) is 6. The van der Waals surface area contributed by atoms with Gasteiger partial charge >= 0.3 is 35.8 Å². The van der Waals surface area contributed by atoms with Gasteiger partial charge in [0.25, 0.3) is 0 Å². The van der Waals surface area contributed by atoms with Crippen LogP contribution < -0.4 is 28.4 Å². The van der Waals surface area contributed by atoms with Crippen molar-refractivity contribution < 1.29 is 57.2 Å². The second-order valence-corrected chi connectivity index (χ2v) is 32.0. The highest BCUT2D eigenvalue weighted by Gasteiger charge is 2.26. The topological polar surface area (TPSA) is 158 Å². The first-order valence-corrected chi connectivity index (χ1v) is 45.8. The van der Waals surface area contributed by atoms with Crippen molar-refractivity contribution in [3.8, 4) is 34.5 Å². The van der Waals surface area contributed by atoms with Crippen LogP contribution in [0.3, 0.4) is 0 Å². The number of fused-ring (bicyclic) bond motifs is 6. The second-order valence-electron chi connectivity index (χ2n) is 32.0. The summed E-state index contributed by atoms with van der Waals surface area (Å²) in [4.78, 5) is 85.5. The summed E-state index contributed by atoms with van der Waals surface area (Å²) < 4.78 is 38.2. The van der Waals surface area contributed by atoms with Gasteiger partial charge in [-0.25, -0.2) is 0 Å². The number of hydrogen-bond donors (Lipinski definition) is 0. The van der Waals surface area contributed by atoms with E-state index in [1.807, 2.05) is 0 Å². The van der Waals surface area contributed by atoms with Crippen molar-refractivity contribution in [2.45, 2.75) is 465 Å². The smallest absolute Gasteiger partial charge is 0.311 e. The maximum atomic E-state index is 14.2. The van der Waals surface area contributed by atoms with Gasteiger partial charge in [0.1, 0.15) is 0 Å². The third-order valence-corrected chi connectivity index (χ3v) is 21.9. The Hall–Kier alpha value is -5.52. The average molecular weight is 1500 g/mol. The summed E-state index contributed by atoms with van der Waals surface area (Å²) in [5.74, 6) is -2.37. The van der Waals surface area contributed by atoms with Gasteiger partial charge in [-0.3, -0.25) is 28.8 Å². The molecule has 0 atom stereocenters. The minimum atomic E-state index is -0.454. The summed E-state index contributed by atoms with van der Waals surface area (Å²) in [5.41, 5.74) is 0. The van der Waals surface area contributed by atoms with E-state index in [0.29, 0.717) is 70.8 Å². The van der Waals surface area contributed by atoms with Crippen LogP contribution in [0.1, 0.15) is 465 Å². The number of esters is 6. The van der Waals surface area contributed by atoms with Crippen molar-refractivity contribution in [1.82, 2.24) is 0 Å². The SMILES string of the molecule is CCCCCCCCCCCCC(=O)Oc1cc2c3cc(OC(=O)CCCCCCCCCCCC)c(OC(=O)CCCCCCCCCCCC)cc3c3cc(OC(=O)CCCCCCCCCCCC)c(OC(=O)CCCCCCCCCCCC)cc3c2cc1OC(=O)CCCCCCCCCCCC. The number of carbonyl (C=O) groups excluding carboxylic acids is 6. The summed E-state index contributed by atoms with van der Waals surface area (Å²) >= 11 is 0.